The molecule has 22 heteroatoms. The van der Waals surface area contributed by atoms with E-state index in [9.17, 15) is 41.9 Å². The molecule has 3 aromatic carbocycles. The highest BCUT2D eigenvalue weighted by Crippen LogP contribution is 2.44. The van der Waals surface area contributed by atoms with Gasteiger partial charge < -0.3 is 28.8 Å². The van der Waals surface area contributed by atoms with Crippen LogP contribution in [0.5, 0.6) is 11.5 Å². The summed E-state index contributed by atoms with van der Waals surface area (Å²) in [6.45, 7) is 2.53. The number of Topliss-reactive ketones (excluding diaryl/α,β-unsaturated/α-hetero) is 1. The fourth-order valence-electron chi connectivity index (χ4n) is 9.21. The van der Waals surface area contributed by atoms with E-state index < -0.39 is 47.5 Å². The van der Waals surface area contributed by atoms with Crippen molar-refractivity contribution in [1.82, 2.24) is 34.4 Å². The van der Waals surface area contributed by atoms with Crippen molar-refractivity contribution in [1.29, 1.82) is 5.41 Å². The van der Waals surface area contributed by atoms with Gasteiger partial charge in [0.2, 0.25) is 17.4 Å². The number of hydrogen-bond acceptors (Lipinski definition) is 11. The molecule has 0 bridgehead atoms. The number of ketones is 1. The number of hydrogen-bond donors (Lipinski definition) is 3. The number of fused-ring (bicyclic) bond motifs is 2. The minimum Gasteiger partial charge on any atom is -0.491 e. The van der Waals surface area contributed by atoms with Gasteiger partial charge in [-0.25, -0.2) is 0 Å². The summed E-state index contributed by atoms with van der Waals surface area (Å²) in [5, 5.41) is 17.6. The molecule has 5 aromatic rings. The Balaban J connectivity index is 0.00000642. The van der Waals surface area contributed by atoms with Gasteiger partial charge in [-0.05, 0) is 86.2 Å². The summed E-state index contributed by atoms with van der Waals surface area (Å²) in [5.74, 6) is -3.53. The number of halogens is 5. The van der Waals surface area contributed by atoms with Crippen LogP contribution in [0.15, 0.2) is 67.1 Å². The molecule has 3 N–H and O–H groups in total. The second kappa shape index (κ2) is 19.2. The summed E-state index contributed by atoms with van der Waals surface area (Å²) in [6, 6.07) is 11.8. The van der Waals surface area contributed by atoms with Gasteiger partial charge in [0.1, 0.15) is 17.5 Å². The number of imide groups is 2. The second-order valence-corrected chi connectivity index (χ2v) is 17.7. The molecule has 2 atom stereocenters. The topological polar surface area (TPSA) is 203 Å². The minimum absolute atomic E-state index is 0. The molecule has 0 radical (unpaired) electrons. The van der Waals surface area contributed by atoms with Crippen LogP contribution in [0, 0.1) is 11.3 Å². The Kier molecular flexibility index (Phi) is 13.5. The fourth-order valence-corrected chi connectivity index (χ4v) is 9.38. The largest absolute Gasteiger partial charge is 0.491 e. The molecule has 2 saturated heterocycles. The number of aromatic nitrogens is 4. The van der Waals surface area contributed by atoms with E-state index in [1.165, 1.54) is 10.9 Å². The number of ether oxygens (including phenoxy) is 2. The van der Waals surface area contributed by atoms with E-state index in [1.807, 2.05) is 4.90 Å². The molecule has 4 aliphatic rings. The van der Waals surface area contributed by atoms with Crippen LogP contribution in [0.4, 0.5) is 18.9 Å². The average molecular weight is 993 g/mol. The number of benzene rings is 3. The summed E-state index contributed by atoms with van der Waals surface area (Å²) in [5.41, 5.74) is 1.22. The van der Waals surface area contributed by atoms with Crippen LogP contribution in [-0.2, 0) is 47.1 Å². The van der Waals surface area contributed by atoms with Crippen LogP contribution < -0.4 is 30.6 Å². The Bertz CT molecular complexity index is 2980. The van der Waals surface area contributed by atoms with Crippen LogP contribution in [-0.4, -0.2) is 97.5 Å². The lowest BCUT2D eigenvalue weighted by Gasteiger charge is -2.34. The smallest absolute Gasteiger partial charge is 0.435 e. The number of imidazole rings is 1. The first-order valence-electron chi connectivity index (χ1n) is 22.0. The number of aryl methyl sites for hydroxylation is 2. The number of nitrogens with zero attached hydrogens (tertiary/aromatic N) is 6. The zero-order valence-corrected chi connectivity index (χ0v) is 38.8. The van der Waals surface area contributed by atoms with Crippen molar-refractivity contribution < 1.29 is 51.4 Å². The number of carbonyl (C=O) groups excluding carboxylic acids is 6. The summed E-state index contributed by atoms with van der Waals surface area (Å²) in [4.78, 5) is 81.0. The number of piperidine rings is 2. The molecule has 2 unspecified atom stereocenters. The Morgan fingerprint density at radius 1 is 0.942 bits per heavy atom. The number of nitrogens with one attached hydrogen (secondary N) is 3. The predicted octanol–water partition coefficient (Wildman–Crippen LogP) is 5.33. The van der Waals surface area contributed by atoms with E-state index in [-0.39, 0.29) is 126 Å². The van der Waals surface area contributed by atoms with E-state index >= 15 is 0 Å². The number of anilines is 1. The van der Waals surface area contributed by atoms with E-state index in [0.29, 0.717) is 42.7 Å². The molecule has 0 spiro atoms. The Morgan fingerprint density at radius 2 is 1.68 bits per heavy atom. The zero-order valence-electron chi connectivity index (χ0n) is 37.2. The normalized spacial score (nSPS) is 18.4. The van der Waals surface area contributed by atoms with Crippen LogP contribution in [0.25, 0.3) is 11.1 Å². The molecule has 5 amide bonds. The SMILES string of the molecule is CCn1cc(-c2cc(Cn3ccn(C)c3=N)cc3c2OCC(Cc2ccc(Cl)c(OCC(=O)NC4CCN(c5ccc6c(c5)C(=O)N(C5CCC(=O)NC5=O)C6=O)CC4)c2)C3=O)c(C(F)(F)F)n1.Cl. The lowest BCUT2D eigenvalue weighted by molar-refractivity contribution is -0.141. The molecule has 2 fully saturated rings. The van der Waals surface area contributed by atoms with Crippen molar-refractivity contribution in [2.45, 2.75) is 70.4 Å². The van der Waals surface area contributed by atoms with Crippen LogP contribution >= 0.6 is 24.0 Å². The van der Waals surface area contributed by atoms with E-state index in [2.05, 4.69) is 15.7 Å². The van der Waals surface area contributed by atoms with Gasteiger partial charge in [0, 0.05) is 74.5 Å². The Morgan fingerprint density at radius 3 is 2.38 bits per heavy atom. The van der Waals surface area contributed by atoms with Crippen molar-refractivity contribution in [2.24, 2.45) is 13.0 Å². The Hall–Kier alpha value is -6.93. The maximum Gasteiger partial charge on any atom is 0.435 e. The molecule has 6 heterocycles. The molecule has 4 aliphatic heterocycles. The predicted molar refractivity (Wildman–Crippen MR) is 244 cm³/mol. The number of alkyl halides is 3. The monoisotopic (exact) mass is 991 g/mol. The third kappa shape index (κ3) is 9.59. The number of carbonyl (C=O) groups is 6. The second-order valence-electron chi connectivity index (χ2n) is 17.3. The quantitative estimate of drug-likeness (QED) is 0.137. The highest BCUT2D eigenvalue weighted by molar-refractivity contribution is 6.32. The molecule has 0 saturated carbocycles. The third-order valence-electron chi connectivity index (χ3n) is 12.8. The summed E-state index contributed by atoms with van der Waals surface area (Å²) in [6.07, 6.45) is 1.24. The van der Waals surface area contributed by atoms with Gasteiger partial charge in [-0.2, -0.15) is 18.3 Å². The van der Waals surface area contributed by atoms with Crippen molar-refractivity contribution in [2.75, 3.05) is 31.2 Å². The fraction of sp³-hybridized carbons (Fsp3) is 0.362. The molecule has 69 heavy (non-hydrogen) atoms. The van der Waals surface area contributed by atoms with Crippen LogP contribution in [0.1, 0.15) is 80.5 Å². The van der Waals surface area contributed by atoms with Gasteiger partial charge in [-0.15, -0.1) is 12.4 Å². The molecule has 9 rings (SSSR count). The number of amides is 5. The molecule has 17 nitrogen and oxygen atoms in total. The van der Waals surface area contributed by atoms with Crippen molar-refractivity contribution in [3.8, 4) is 22.6 Å². The minimum atomic E-state index is -4.79. The highest BCUT2D eigenvalue weighted by Gasteiger charge is 2.45. The van der Waals surface area contributed by atoms with Gasteiger partial charge >= 0.3 is 6.18 Å². The maximum atomic E-state index is 14.4. The van der Waals surface area contributed by atoms with Gasteiger partial charge in [-0.1, -0.05) is 17.7 Å². The van der Waals surface area contributed by atoms with Crippen LogP contribution in [0.3, 0.4) is 0 Å². The standard InChI is InChI=1S/C47H45ClF3N9O8.ClH/c1-3-59-22-34(42(55-59)47(49,50)51)31-17-26(21-58-15-14-56(2)46(58)52)18-33-40(63)27(23-68-41(31)33)16-25-4-7-35(48)37(19-25)67-24-39(62)53-28-10-12-57(13-11-28)29-5-6-30-32(20-29)45(66)60(44(30)65)36-8-9-38(61)54-43(36)64;/h4-7,14-15,17-20,22,27-28,36,52H,3,8-13,16,21,23-24H2,1-2H3,(H,53,62)(H,54,61,64);1H. The van der Waals surface area contributed by atoms with Crippen LogP contribution in [0.2, 0.25) is 5.02 Å². The summed E-state index contributed by atoms with van der Waals surface area (Å²) >= 11 is 6.49. The van der Waals surface area contributed by atoms with Crippen molar-refractivity contribution >= 4 is 65.0 Å². The highest BCUT2D eigenvalue weighted by atomic mass is 35.5. The van der Waals surface area contributed by atoms with Crippen molar-refractivity contribution in [3.63, 3.8) is 0 Å². The third-order valence-corrected chi connectivity index (χ3v) is 13.1. The van der Waals surface area contributed by atoms with E-state index in [1.54, 1.807) is 84.0 Å². The lowest BCUT2D eigenvalue weighted by Crippen LogP contribution is -2.54. The van der Waals surface area contributed by atoms with Gasteiger partial charge in [0.05, 0.1) is 40.8 Å². The van der Waals surface area contributed by atoms with Crippen molar-refractivity contribution in [3.05, 3.63) is 111 Å². The van der Waals surface area contributed by atoms with Gasteiger partial charge in [0.25, 0.3) is 17.7 Å². The molecule has 362 valence electrons. The molecular weight excluding hydrogens is 946 g/mol. The van der Waals surface area contributed by atoms with Gasteiger partial charge in [0.15, 0.2) is 18.1 Å². The lowest BCUT2D eigenvalue weighted by atomic mass is 9.86. The molecule has 2 aromatic heterocycles. The van der Waals surface area contributed by atoms with E-state index in [0.717, 1.165) is 4.90 Å². The Labute approximate surface area is 403 Å². The summed E-state index contributed by atoms with van der Waals surface area (Å²) < 4.78 is 59.5. The molecule has 0 aliphatic carbocycles. The first-order valence-corrected chi connectivity index (χ1v) is 22.4. The van der Waals surface area contributed by atoms with E-state index in [4.69, 9.17) is 26.5 Å². The summed E-state index contributed by atoms with van der Waals surface area (Å²) in [7, 11) is 1.70. The maximum absolute atomic E-state index is 14.4. The first kappa shape index (κ1) is 48.5. The number of rotatable bonds is 12. The molecular formula is C47H46Cl2F3N9O8. The van der Waals surface area contributed by atoms with Gasteiger partial charge in [-0.3, -0.25) is 49.1 Å². The first-order chi connectivity index (χ1) is 32.5. The zero-order chi connectivity index (χ0) is 48.2. The average Bonchev–Trinajstić information content (AvgIpc) is 3.97.